The Labute approximate surface area is 205 Å². The lowest BCUT2D eigenvalue weighted by Crippen LogP contribution is -2.31. The minimum absolute atomic E-state index is 0.233. The fraction of sp³-hybridized carbons (Fsp3) is 0.500. The number of aromatic hydroxyl groups is 1. The Hall–Kier alpha value is -2.53. The van der Waals surface area contributed by atoms with E-state index in [0.29, 0.717) is 97.1 Å². The first kappa shape index (κ1) is 25.6. The number of benzene rings is 2. The molecule has 1 fully saturated rings. The van der Waals surface area contributed by atoms with Gasteiger partial charge in [0, 0.05) is 25.2 Å². The van der Waals surface area contributed by atoms with Crippen molar-refractivity contribution >= 4 is 11.0 Å². The fourth-order valence-corrected chi connectivity index (χ4v) is 3.87. The van der Waals surface area contributed by atoms with Gasteiger partial charge in [0.15, 0.2) is 0 Å². The average molecular weight is 486 g/mol. The molecule has 1 aliphatic heterocycles. The third kappa shape index (κ3) is 7.99. The quantitative estimate of drug-likeness (QED) is 0.585. The van der Waals surface area contributed by atoms with Crippen LogP contribution in [0.1, 0.15) is 5.56 Å². The number of phenolic OH excluding ortho intramolecular Hbond substituents is 1. The van der Waals surface area contributed by atoms with Crippen molar-refractivity contribution < 1.29 is 28.8 Å². The van der Waals surface area contributed by atoms with Gasteiger partial charge in [-0.3, -0.25) is 4.90 Å². The molecule has 2 N–H and O–H groups in total. The van der Waals surface area contributed by atoms with E-state index in [9.17, 15) is 5.11 Å². The minimum Gasteiger partial charge on any atom is -0.507 e. The van der Waals surface area contributed by atoms with Gasteiger partial charge < -0.3 is 33.8 Å². The molecule has 190 valence electrons. The Balaban J connectivity index is 1.39. The average Bonchev–Trinajstić information content (AvgIpc) is 3.30. The predicted molar refractivity (Wildman–Crippen MR) is 133 cm³/mol. The Morgan fingerprint density at radius 2 is 1.29 bits per heavy atom. The molecular weight excluding hydrogens is 450 g/mol. The first-order valence-corrected chi connectivity index (χ1v) is 12.2. The van der Waals surface area contributed by atoms with Crippen LogP contribution in [0.15, 0.2) is 42.5 Å². The molecule has 0 bridgehead atoms. The molecule has 0 amide bonds. The molecule has 1 saturated heterocycles. The monoisotopic (exact) mass is 485 g/mol. The van der Waals surface area contributed by atoms with Gasteiger partial charge in [-0.15, -0.1) is 0 Å². The number of hydrogen-bond acceptors (Lipinski definition) is 8. The highest BCUT2D eigenvalue weighted by Gasteiger charge is 2.15. The number of nitrogens with zero attached hydrogens (tertiary/aromatic N) is 2. The zero-order valence-corrected chi connectivity index (χ0v) is 20.1. The SMILES string of the molecule is Oc1c(CN2CCOCCOCCOCCOCCOCC2)cccc1-c1nc2ccccc2[nH]1. The molecule has 0 atom stereocenters. The predicted octanol–water partition coefficient (Wildman–Crippen LogP) is 2.83. The van der Waals surface area contributed by atoms with Gasteiger partial charge in [-0.2, -0.15) is 0 Å². The van der Waals surface area contributed by atoms with Gasteiger partial charge in [-0.25, -0.2) is 4.98 Å². The molecular formula is C26H35N3O6. The molecule has 0 radical (unpaired) electrons. The van der Waals surface area contributed by atoms with E-state index in [0.717, 1.165) is 16.6 Å². The van der Waals surface area contributed by atoms with Crippen molar-refractivity contribution in [2.75, 3.05) is 79.2 Å². The second-order valence-electron chi connectivity index (χ2n) is 8.25. The van der Waals surface area contributed by atoms with Gasteiger partial charge in [0.2, 0.25) is 0 Å². The van der Waals surface area contributed by atoms with Crippen LogP contribution in [0.25, 0.3) is 22.4 Å². The van der Waals surface area contributed by atoms with Crippen LogP contribution in [-0.2, 0) is 30.2 Å². The van der Waals surface area contributed by atoms with Crippen LogP contribution in [0.2, 0.25) is 0 Å². The van der Waals surface area contributed by atoms with Gasteiger partial charge in [-0.05, 0) is 18.2 Å². The highest BCUT2D eigenvalue weighted by Crippen LogP contribution is 2.32. The minimum atomic E-state index is 0.233. The summed E-state index contributed by atoms with van der Waals surface area (Å²) in [6.07, 6.45) is 0. The number of nitrogens with one attached hydrogen (secondary N) is 1. The summed E-state index contributed by atoms with van der Waals surface area (Å²) >= 11 is 0. The van der Waals surface area contributed by atoms with Crippen molar-refractivity contribution in [3.05, 3.63) is 48.0 Å². The zero-order chi connectivity index (χ0) is 24.1. The maximum absolute atomic E-state index is 11.1. The molecule has 2 heterocycles. The van der Waals surface area contributed by atoms with Crippen molar-refractivity contribution in [1.29, 1.82) is 0 Å². The number of imidazole rings is 1. The van der Waals surface area contributed by atoms with E-state index in [-0.39, 0.29) is 5.75 Å². The maximum atomic E-state index is 11.1. The summed E-state index contributed by atoms with van der Waals surface area (Å²) in [6.45, 7) is 7.39. The Kier molecular flexibility index (Phi) is 10.3. The van der Waals surface area contributed by atoms with Crippen LogP contribution in [0.4, 0.5) is 0 Å². The lowest BCUT2D eigenvalue weighted by atomic mass is 10.1. The highest BCUT2D eigenvalue weighted by molar-refractivity contribution is 5.80. The zero-order valence-electron chi connectivity index (χ0n) is 20.1. The third-order valence-corrected chi connectivity index (χ3v) is 5.75. The van der Waals surface area contributed by atoms with Crippen molar-refractivity contribution in [3.8, 4) is 17.1 Å². The van der Waals surface area contributed by atoms with Crippen LogP contribution in [0.5, 0.6) is 5.75 Å². The summed E-state index contributed by atoms with van der Waals surface area (Å²) in [5.41, 5.74) is 3.33. The van der Waals surface area contributed by atoms with Gasteiger partial charge in [0.25, 0.3) is 0 Å². The fourth-order valence-electron chi connectivity index (χ4n) is 3.87. The first-order chi connectivity index (χ1) is 17.3. The molecule has 4 rings (SSSR count). The largest absolute Gasteiger partial charge is 0.507 e. The van der Waals surface area contributed by atoms with E-state index in [2.05, 4.69) is 14.9 Å². The molecule has 35 heavy (non-hydrogen) atoms. The molecule has 0 spiro atoms. The summed E-state index contributed by atoms with van der Waals surface area (Å²) < 4.78 is 28.0. The van der Waals surface area contributed by atoms with E-state index in [1.807, 2.05) is 42.5 Å². The van der Waals surface area contributed by atoms with Crippen molar-refractivity contribution in [3.63, 3.8) is 0 Å². The van der Waals surface area contributed by atoms with Gasteiger partial charge in [-0.1, -0.05) is 24.3 Å². The number of ether oxygens (including phenoxy) is 5. The van der Waals surface area contributed by atoms with E-state index in [1.165, 1.54) is 0 Å². The number of aromatic nitrogens is 2. The summed E-state index contributed by atoms with van der Waals surface area (Å²) in [7, 11) is 0. The van der Waals surface area contributed by atoms with Crippen LogP contribution in [-0.4, -0.2) is 99.1 Å². The second-order valence-corrected chi connectivity index (χ2v) is 8.25. The first-order valence-electron chi connectivity index (χ1n) is 12.2. The molecule has 2 aromatic carbocycles. The molecule has 9 heteroatoms. The molecule has 9 nitrogen and oxygen atoms in total. The summed E-state index contributed by atoms with van der Waals surface area (Å²) in [5, 5.41) is 11.1. The number of aromatic amines is 1. The number of fused-ring (bicyclic) bond motifs is 1. The van der Waals surface area contributed by atoms with Gasteiger partial charge >= 0.3 is 0 Å². The molecule has 0 unspecified atom stereocenters. The van der Waals surface area contributed by atoms with Crippen molar-refractivity contribution in [2.24, 2.45) is 0 Å². The number of H-pyrrole nitrogens is 1. The summed E-state index contributed by atoms with van der Waals surface area (Å²) in [6, 6.07) is 13.6. The Bertz CT molecular complexity index is 976. The molecule has 1 aliphatic rings. The third-order valence-electron chi connectivity index (χ3n) is 5.75. The summed E-state index contributed by atoms with van der Waals surface area (Å²) in [5.74, 6) is 0.888. The van der Waals surface area contributed by atoms with E-state index >= 15 is 0 Å². The Morgan fingerprint density at radius 3 is 1.89 bits per heavy atom. The topological polar surface area (TPSA) is 98.3 Å². The van der Waals surface area contributed by atoms with Gasteiger partial charge in [0.05, 0.1) is 82.7 Å². The van der Waals surface area contributed by atoms with Crippen LogP contribution in [0, 0.1) is 0 Å². The lowest BCUT2D eigenvalue weighted by Gasteiger charge is -2.23. The molecule has 1 aromatic heterocycles. The van der Waals surface area contributed by atoms with Gasteiger partial charge in [0.1, 0.15) is 11.6 Å². The van der Waals surface area contributed by atoms with E-state index in [4.69, 9.17) is 23.7 Å². The number of phenols is 1. The second kappa shape index (κ2) is 14.1. The van der Waals surface area contributed by atoms with Crippen molar-refractivity contribution in [2.45, 2.75) is 6.54 Å². The smallest absolute Gasteiger partial charge is 0.142 e. The number of hydrogen-bond donors (Lipinski definition) is 2. The molecule has 0 saturated carbocycles. The van der Waals surface area contributed by atoms with Crippen molar-refractivity contribution in [1.82, 2.24) is 14.9 Å². The highest BCUT2D eigenvalue weighted by atomic mass is 16.6. The van der Waals surface area contributed by atoms with Crippen LogP contribution < -0.4 is 0 Å². The van der Waals surface area contributed by atoms with E-state index in [1.54, 1.807) is 0 Å². The summed E-state index contributed by atoms with van der Waals surface area (Å²) in [4.78, 5) is 10.2. The number of rotatable bonds is 3. The van der Waals surface area contributed by atoms with E-state index < -0.39 is 0 Å². The maximum Gasteiger partial charge on any atom is 0.142 e. The molecule has 3 aromatic rings. The lowest BCUT2D eigenvalue weighted by molar-refractivity contribution is -0.0190. The standard InChI is InChI=1S/C26H35N3O6/c30-25-21(4-3-5-22(25)26-27-23-6-1-2-7-24(23)28-26)20-29-8-10-31-12-14-33-16-18-35-19-17-34-15-13-32-11-9-29/h1-7,30H,8-20H2,(H,27,28). The van der Waals surface area contributed by atoms with Crippen LogP contribution >= 0.6 is 0 Å². The van der Waals surface area contributed by atoms with Crippen LogP contribution in [0.3, 0.4) is 0 Å². The normalized spacial score (nSPS) is 18.7. The number of para-hydroxylation sites is 3. The Morgan fingerprint density at radius 1 is 0.714 bits per heavy atom. The molecule has 0 aliphatic carbocycles.